The highest BCUT2D eigenvalue weighted by Gasteiger charge is 2.25. The van der Waals surface area contributed by atoms with Gasteiger partial charge in [0.1, 0.15) is 10.6 Å². The summed E-state index contributed by atoms with van der Waals surface area (Å²) in [6.07, 6.45) is 5.65. The van der Waals surface area contributed by atoms with Gasteiger partial charge in [0, 0.05) is 12.2 Å². The van der Waals surface area contributed by atoms with Crippen molar-refractivity contribution in [3.05, 3.63) is 45.4 Å². The van der Waals surface area contributed by atoms with E-state index in [0.29, 0.717) is 9.90 Å². The standard InChI is InChI=1S/C17H19ClN2O2S/c1-11-15(3-2-9-19-11)22-13-6-4-12(5-7-13)20-17(21)16-14(18)8-10-23-16/h2-3,8-10,12-13H,4-7H2,1H3,(H,20,21). The number of aryl methyl sites for hydroxylation is 1. The molecule has 0 bridgehead atoms. The Bertz CT molecular complexity index is 681. The molecule has 122 valence electrons. The summed E-state index contributed by atoms with van der Waals surface area (Å²) in [5, 5.41) is 5.43. The van der Waals surface area contributed by atoms with E-state index in [2.05, 4.69) is 10.3 Å². The second-order valence-corrected chi connectivity index (χ2v) is 7.07. The van der Waals surface area contributed by atoms with Crippen molar-refractivity contribution >= 4 is 28.8 Å². The van der Waals surface area contributed by atoms with Crippen molar-refractivity contribution in [1.82, 2.24) is 10.3 Å². The molecule has 6 heteroatoms. The van der Waals surface area contributed by atoms with E-state index in [9.17, 15) is 4.79 Å². The van der Waals surface area contributed by atoms with Gasteiger partial charge in [-0.2, -0.15) is 0 Å². The molecule has 0 atom stereocenters. The van der Waals surface area contributed by atoms with Crippen molar-refractivity contribution < 1.29 is 9.53 Å². The molecule has 0 radical (unpaired) electrons. The Morgan fingerprint density at radius 1 is 1.35 bits per heavy atom. The predicted octanol–water partition coefficient (Wildman–Crippen LogP) is 4.22. The van der Waals surface area contributed by atoms with Crippen LogP contribution in [0.4, 0.5) is 0 Å². The third kappa shape index (κ3) is 4.03. The average molecular weight is 351 g/mol. The summed E-state index contributed by atoms with van der Waals surface area (Å²) in [6, 6.07) is 5.78. The minimum atomic E-state index is -0.0718. The highest BCUT2D eigenvalue weighted by Crippen LogP contribution is 2.26. The lowest BCUT2D eigenvalue weighted by Crippen LogP contribution is -2.39. The van der Waals surface area contributed by atoms with Gasteiger partial charge in [-0.3, -0.25) is 9.78 Å². The van der Waals surface area contributed by atoms with Gasteiger partial charge in [0.05, 0.1) is 16.8 Å². The highest BCUT2D eigenvalue weighted by atomic mass is 35.5. The number of halogens is 1. The number of carbonyl (C=O) groups is 1. The molecule has 0 spiro atoms. The van der Waals surface area contributed by atoms with E-state index in [0.717, 1.165) is 37.1 Å². The average Bonchev–Trinajstić information content (AvgIpc) is 2.98. The Labute approximate surface area is 144 Å². The lowest BCUT2D eigenvalue weighted by atomic mass is 9.93. The molecule has 1 amide bonds. The number of hydrogen-bond donors (Lipinski definition) is 1. The molecule has 1 saturated carbocycles. The van der Waals surface area contributed by atoms with Crippen molar-refractivity contribution in [2.75, 3.05) is 0 Å². The van der Waals surface area contributed by atoms with Crippen LogP contribution in [0.15, 0.2) is 29.8 Å². The Morgan fingerprint density at radius 3 is 2.78 bits per heavy atom. The number of thiophene rings is 1. The molecule has 1 aliphatic rings. The zero-order chi connectivity index (χ0) is 16.2. The molecule has 0 unspecified atom stereocenters. The molecule has 2 aromatic rings. The zero-order valence-electron chi connectivity index (χ0n) is 12.9. The first-order valence-electron chi connectivity index (χ1n) is 7.75. The lowest BCUT2D eigenvalue weighted by molar-refractivity contribution is 0.0897. The molecular weight excluding hydrogens is 332 g/mol. The summed E-state index contributed by atoms with van der Waals surface area (Å²) in [5.74, 6) is 0.780. The summed E-state index contributed by atoms with van der Waals surface area (Å²) in [7, 11) is 0. The number of nitrogens with zero attached hydrogens (tertiary/aromatic N) is 1. The first-order chi connectivity index (χ1) is 11.1. The number of rotatable bonds is 4. The fraction of sp³-hybridized carbons (Fsp3) is 0.412. The summed E-state index contributed by atoms with van der Waals surface area (Å²) in [6.45, 7) is 1.95. The monoisotopic (exact) mass is 350 g/mol. The van der Waals surface area contributed by atoms with Gasteiger partial charge in [-0.05, 0) is 56.2 Å². The molecule has 0 saturated heterocycles. The molecule has 2 heterocycles. The van der Waals surface area contributed by atoms with Crippen molar-refractivity contribution in [1.29, 1.82) is 0 Å². The SMILES string of the molecule is Cc1ncccc1OC1CCC(NC(=O)c2sccc2Cl)CC1. The van der Waals surface area contributed by atoms with E-state index in [1.54, 1.807) is 12.3 Å². The minimum absolute atomic E-state index is 0.0718. The van der Waals surface area contributed by atoms with Crippen LogP contribution >= 0.6 is 22.9 Å². The van der Waals surface area contributed by atoms with Crippen LogP contribution in [0.1, 0.15) is 41.0 Å². The van der Waals surface area contributed by atoms with Crippen molar-refractivity contribution in [3.8, 4) is 5.75 Å². The maximum absolute atomic E-state index is 12.2. The van der Waals surface area contributed by atoms with Gasteiger partial charge in [-0.1, -0.05) is 11.6 Å². The van der Waals surface area contributed by atoms with Gasteiger partial charge >= 0.3 is 0 Å². The van der Waals surface area contributed by atoms with E-state index in [4.69, 9.17) is 16.3 Å². The number of carbonyl (C=O) groups excluding carboxylic acids is 1. The number of nitrogens with one attached hydrogen (secondary N) is 1. The van der Waals surface area contributed by atoms with Crippen LogP contribution < -0.4 is 10.1 Å². The quantitative estimate of drug-likeness (QED) is 0.897. The Hall–Kier alpha value is -1.59. The summed E-state index contributed by atoms with van der Waals surface area (Å²) >= 11 is 7.38. The fourth-order valence-electron chi connectivity index (χ4n) is 2.81. The van der Waals surface area contributed by atoms with Crippen molar-refractivity contribution in [3.63, 3.8) is 0 Å². The second-order valence-electron chi connectivity index (χ2n) is 5.75. The zero-order valence-corrected chi connectivity index (χ0v) is 14.5. The van der Waals surface area contributed by atoms with Gasteiger partial charge in [0.2, 0.25) is 0 Å². The number of pyridine rings is 1. The number of hydrogen-bond acceptors (Lipinski definition) is 4. The van der Waals surface area contributed by atoms with Crippen LogP contribution in [0.2, 0.25) is 5.02 Å². The molecule has 23 heavy (non-hydrogen) atoms. The number of amides is 1. The maximum Gasteiger partial charge on any atom is 0.263 e. The highest BCUT2D eigenvalue weighted by molar-refractivity contribution is 7.12. The summed E-state index contributed by atoms with van der Waals surface area (Å²) < 4.78 is 6.04. The summed E-state index contributed by atoms with van der Waals surface area (Å²) in [5.41, 5.74) is 0.912. The van der Waals surface area contributed by atoms with E-state index in [-0.39, 0.29) is 18.1 Å². The third-order valence-corrected chi connectivity index (χ3v) is 5.43. The lowest BCUT2D eigenvalue weighted by Gasteiger charge is -2.29. The van der Waals surface area contributed by atoms with Crippen LogP contribution in [-0.2, 0) is 0 Å². The maximum atomic E-state index is 12.2. The first-order valence-corrected chi connectivity index (χ1v) is 9.01. The molecule has 1 fully saturated rings. The molecule has 2 aromatic heterocycles. The third-order valence-electron chi connectivity index (χ3n) is 4.08. The number of ether oxygens (including phenoxy) is 1. The van der Waals surface area contributed by atoms with Gasteiger partial charge in [0.25, 0.3) is 5.91 Å². The second kappa shape index (κ2) is 7.32. The number of aromatic nitrogens is 1. The molecule has 0 aliphatic heterocycles. The molecule has 3 rings (SSSR count). The smallest absolute Gasteiger partial charge is 0.263 e. The van der Waals surface area contributed by atoms with Crippen LogP contribution in [0, 0.1) is 6.92 Å². The van der Waals surface area contributed by atoms with Crippen LogP contribution in [0.3, 0.4) is 0 Å². The topological polar surface area (TPSA) is 51.2 Å². The van der Waals surface area contributed by atoms with Crippen LogP contribution in [0.5, 0.6) is 5.75 Å². The molecule has 4 nitrogen and oxygen atoms in total. The van der Waals surface area contributed by atoms with E-state index in [1.807, 2.05) is 24.4 Å². The summed E-state index contributed by atoms with van der Waals surface area (Å²) in [4.78, 5) is 17.0. The first kappa shape index (κ1) is 16.3. The molecule has 1 N–H and O–H groups in total. The molecular formula is C17H19ClN2O2S. The van der Waals surface area contributed by atoms with Crippen LogP contribution in [0.25, 0.3) is 0 Å². The van der Waals surface area contributed by atoms with E-state index in [1.165, 1.54) is 11.3 Å². The van der Waals surface area contributed by atoms with Crippen LogP contribution in [-0.4, -0.2) is 23.0 Å². The van der Waals surface area contributed by atoms with Crippen molar-refractivity contribution in [2.24, 2.45) is 0 Å². The molecule has 1 aliphatic carbocycles. The fourth-order valence-corrected chi connectivity index (χ4v) is 3.85. The Morgan fingerprint density at radius 2 is 2.13 bits per heavy atom. The normalized spacial score (nSPS) is 21.0. The minimum Gasteiger partial charge on any atom is -0.489 e. The van der Waals surface area contributed by atoms with Crippen molar-refractivity contribution in [2.45, 2.75) is 44.8 Å². The van der Waals surface area contributed by atoms with Gasteiger partial charge in [-0.15, -0.1) is 11.3 Å². The van der Waals surface area contributed by atoms with Gasteiger partial charge < -0.3 is 10.1 Å². The largest absolute Gasteiger partial charge is 0.489 e. The molecule has 0 aromatic carbocycles. The van der Waals surface area contributed by atoms with Gasteiger partial charge in [0.15, 0.2) is 0 Å². The Kier molecular flexibility index (Phi) is 5.18. The predicted molar refractivity (Wildman–Crippen MR) is 92.4 cm³/mol. The Balaban J connectivity index is 1.50. The van der Waals surface area contributed by atoms with E-state index < -0.39 is 0 Å². The van der Waals surface area contributed by atoms with Gasteiger partial charge in [-0.25, -0.2) is 0 Å². The van der Waals surface area contributed by atoms with E-state index >= 15 is 0 Å².